The highest BCUT2D eigenvalue weighted by Gasteiger charge is 2.13. The summed E-state index contributed by atoms with van der Waals surface area (Å²) in [5.41, 5.74) is 1.56. The molecule has 0 saturated carbocycles. The number of hydrogen-bond acceptors (Lipinski definition) is 5. The van der Waals surface area contributed by atoms with Crippen LogP contribution in [0.2, 0.25) is 10.0 Å². The van der Waals surface area contributed by atoms with Crippen LogP contribution in [0, 0.1) is 0 Å². The van der Waals surface area contributed by atoms with Crippen LogP contribution in [0.15, 0.2) is 39.8 Å². The summed E-state index contributed by atoms with van der Waals surface area (Å²) < 4.78 is 6.31. The first kappa shape index (κ1) is 16.7. The van der Waals surface area contributed by atoms with E-state index in [2.05, 4.69) is 29.1 Å². The van der Waals surface area contributed by atoms with Crippen molar-refractivity contribution in [1.29, 1.82) is 0 Å². The molecule has 1 aromatic carbocycles. The third kappa shape index (κ3) is 3.34. The summed E-state index contributed by atoms with van der Waals surface area (Å²) in [4.78, 5) is 16.3. The Kier molecular flexibility index (Phi) is 4.69. The summed E-state index contributed by atoms with van der Waals surface area (Å²) in [5, 5.41) is 7.86. The van der Waals surface area contributed by atoms with Crippen LogP contribution in [0.5, 0.6) is 0 Å². The molecule has 0 amide bonds. The van der Waals surface area contributed by atoms with E-state index in [0.29, 0.717) is 11.7 Å². The summed E-state index contributed by atoms with van der Waals surface area (Å²) in [6, 6.07) is 7.93. The maximum absolute atomic E-state index is 12.0. The number of hydrogen-bond donors (Lipinski definition) is 0. The second-order valence-corrected chi connectivity index (χ2v) is 6.34. The molecule has 0 aliphatic rings. The van der Waals surface area contributed by atoms with Gasteiger partial charge in [-0.3, -0.25) is 4.79 Å². The maximum Gasteiger partial charge on any atom is 0.287 e. The molecule has 0 aliphatic carbocycles. The fourth-order valence-electron chi connectivity index (χ4n) is 2.14. The van der Waals surface area contributed by atoms with Gasteiger partial charge in [0.2, 0.25) is 11.7 Å². The van der Waals surface area contributed by atoms with Gasteiger partial charge in [-0.2, -0.15) is 10.1 Å². The molecule has 0 unspecified atom stereocenters. The lowest BCUT2D eigenvalue weighted by Gasteiger charge is -2.04. The lowest BCUT2D eigenvalue weighted by Crippen LogP contribution is -2.23. The molecule has 2 heterocycles. The highest BCUT2D eigenvalue weighted by atomic mass is 35.5. The fraction of sp³-hybridized carbons (Fsp3) is 0.250. The Hall–Kier alpha value is -2.18. The van der Waals surface area contributed by atoms with Gasteiger partial charge in [0.05, 0.1) is 11.2 Å². The Morgan fingerprint density at radius 2 is 1.92 bits per heavy atom. The van der Waals surface area contributed by atoms with Gasteiger partial charge in [0.1, 0.15) is 11.6 Å². The van der Waals surface area contributed by atoms with Gasteiger partial charge in [0.25, 0.3) is 5.56 Å². The molecule has 3 rings (SSSR count). The molecule has 0 fully saturated rings. The minimum atomic E-state index is -0.509. The quantitative estimate of drug-likeness (QED) is 0.704. The second kappa shape index (κ2) is 6.75. The average Bonchev–Trinajstić information content (AvgIpc) is 3.04. The maximum atomic E-state index is 12.0. The van der Waals surface area contributed by atoms with E-state index in [0.717, 1.165) is 10.2 Å². The monoisotopic (exact) mass is 364 g/mol. The van der Waals surface area contributed by atoms with Gasteiger partial charge in [-0.15, -0.1) is 0 Å². The van der Waals surface area contributed by atoms with E-state index >= 15 is 0 Å². The van der Waals surface area contributed by atoms with Crippen LogP contribution in [-0.4, -0.2) is 19.9 Å². The Balaban J connectivity index is 1.83. The Morgan fingerprint density at radius 1 is 1.21 bits per heavy atom. The van der Waals surface area contributed by atoms with Crippen molar-refractivity contribution in [2.45, 2.75) is 26.3 Å². The molecule has 24 heavy (non-hydrogen) atoms. The molecule has 0 N–H and O–H groups in total. The molecular weight excluding hydrogens is 351 g/mol. The van der Waals surface area contributed by atoms with Crippen molar-refractivity contribution in [1.82, 2.24) is 19.9 Å². The van der Waals surface area contributed by atoms with Crippen LogP contribution >= 0.6 is 23.2 Å². The van der Waals surface area contributed by atoms with Gasteiger partial charge < -0.3 is 4.52 Å². The molecule has 0 spiro atoms. The number of halogens is 2. The first-order valence-corrected chi connectivity index (χ1v) is 8.05. The van der Waals surface area contributed by atoms with Crippen molar-refractivity contribution in [3.05, 3.63) is 62.3 Å². The van der Waals surface area contributed by atoms with Gasteiger partial charge in [-0.05, 0) is 11.5 Å². The second-order valence-electron chi connectivity index (χ2n) is 5.56. The highest BCUT2D eigenvalue weighted by molar-refractivity contribution is 6.41. The van der Waals surface area contributed by atoms with Gasteiger partial charge in [0, 0.05) is 5.56 Å². The van der Waals surface area contributed by atoms with Crippen molar-refractivity contribution in [3.8, 4) is 11.4 Å². The van der Waals surface area contributed by atoms with Crippen LogP contribution in [0.25, 0.3) is 11.4 Å². The molecule has 0 radical (unpaired) electrons. The predicted molar refractivity (Wildman–Crippen MR) is 91.4 cm³/mol. The van der Waals surface area contributed by atoms with Crippen molar-refractivity contribution in [3.63, 3.8) is 0 Å². The van der Waals surface area contributed by atoms with Gasteiger partial charge in [-0.25, -0.2) is 4.68 Å². The number of nitrogens with zero attached hydrogens (tertiary/aromatic N) is 4. The lowest BCUT2D eigenvalue weighted by atomic mass is 10.0. The predicted octanol–water partition coefficient (Wildman–Crippen LogP) is 3.77. The summed E-state index contributed by atoms with van der Waals surface area (Å²) in [7, 11) is 0. The minimum Gasteiger partial charge on any atom is -0.337 e. The first-order chi connectivity index (χ1) is 11.5. The molecule has 2 aromatic heterocycles. The lowest BCUT2D eigenvalue weighted by molar-refractivity contribution is 0.363. The third-order valence-corrected chi connectivity index (χ3v) is 4.28. The fourth-order valence-corrected chi connectivity index (χ4v) is 2.41. The molecule has 0 aliphatic heterocycles. The van der Waals surface area contributed by atoms with Crippen LogP contribution in [-0.2, 0) is 6.54 Å². The smallest absolute Gasteiger partial charge is 0.287 e. The molecule has 124 valence electrons. The van der Waals surface area contributed by atoms with E-state index in [1.54, 1.807) is 0 Å². The Labute approximate surface area is 148 Å². The van der Waals surface area contributed by atoms with Crippen molar-refractivity contribution >= 4 is 23.2 Å². The third-order valence-electron chi connectivity index (χ3n) is 3.53. The average molecular weight is 365 g/mol. The van der Waals surface area contributed by atoms with Crippen LogP contribution in [0.4, 0.5) is 0 Å². The summed E-state index contributed by atoms with van der Waals surface area (Å²) in [5.74, 6) is 1.16. The number of benzene rings is 1. The number of rotatable bonds is 4. The van der Waals surface area contributed by atoms with Gasteiger partial charge in [-0.1, -0.05) is 66.5 Å². The highest BCUT2D eigenvalue weighted by Crippen LogP contribution is 2.21. The molecule has 0 saturated heterocycles. The molecule has 6 nitrogen and oxygen atoms in total. The van der Waals surface area contributed by atoms with Gasteiger partial charge in [0.15, 0.2) is 0 Å². The molecule has 8 heteroatoms. The van der Waals surface area contributed by atoms with E-state index in [4.69, 9.17) is 27.7 Å². The zero-order valence-electron chi connectivity index (χ0n) is 13.0. The zero-order chi connectivity index (χ0) is 17.3. The topological polar surface area (TPSA) is 73.8 Å². The standard InChI is InChI=1S/C16H14Cl2N4O2/c1-9(2)10-3-5-11(6-4-10)15-20-13(24-21-15)8-22-16(23)14(18)12(17)7-19-22/h3-7,9H,8H2,1-2H3. The van der Waals surface area contributed by atoms with E-state index < -0.39 is 5.56 Å². The van der Waals surface area contributed by atoms with E-state index in [1.807, 2.05) is 24.3 Å². The Bertz CT molecular complexity index is 917. The largest absolute Gasteiger partial charge is 0.337 e. The van der Waals surface area contributed by atoms with Crippen molar-refractivity contribution in [2.75, 3.05) is 0 Å². The van der Waals surface area contributed by atoms with E-state index in [1.165, 1.54) is 11.8 Å². The van der Waals surface area contributed by atoms with Crippen LogP contribution < -0.4 is 5.56 Å². The van der Waals surface area contributed by atoms with Crippen LogP contribution in [0.1, 0.15) is 31.2 Å². The van der Waals surface area contributed by atoms with Crippen molar-refractivity contribution < 1.29 is 4.52 Å². The molecule has 0 atom stereocenters. The van der Waals surface area contributed by atoms with Crippen molar-refractivity contribution in [2.24, 2.45) is 0 Å². The number of aromatic nitrogens is 4. The Morgan fingerprint density at radius 3 is 2.58 bits per heavy atom. The van der Waals surface area contributed by atoms with E-state index in [9.17, 15) is 4.79 Å². The molecular formula is C16H14Cl2N4O2. The van der Waals surface area contributed by atoms with E-state index in [-0.39, 0.29) is 22.5 Å². The first-order valence-electron chi connectivity index (χ1n) is 7.29. The van der Waals surface area contributed by atoms with Gasteiger partial charge >= 0.3 is 0 Å². The van der Waals surface area contributed by atoms with Crippen LogP contribution in [0.3, 0.4) is 0 Å². The zero-order valence-corrected chi connectivity index (χ0v) is 14.5. The normalized spacial score (nSPS) is 11.2. The summed E-state index contributed by atoms with van der Waals surface area (Å²) >= 11 is 11.6. The molecule has 3 aromatic rings. The summed E-state index contributed by atoms with van der Waals surface area (Å²) in [6.45, 7) is 4.28. The minimum absolute atomic E-state index is 0.0206. The molecule has 0 bridgehead atoms. The SMILES string of the molecule is CC(C)c1ccc(-c2noc(Cn3ncc(Cl)c(Cl)c3=O)n2)cc1. The summed E-state index contributed by atoms with van der Waals surface area (Å²) in [6.07, 6.45) is 1.30.